The molecule has 2 heteroatoms. The van der Waals surface area contributed by atoms with Gasteiger partial charge in [0, 0.05) is 18.2 Å². The van der Waals surface area contributed by atoms with Gasteiger partial charge >= 0.3 is 0 Å². The van der Waals surface area contributed by atoms with Crippen molar-refractivity contribution in [2.75, 3.05) is 0 Å². The molecular weight excluding hydrogens is 216 g/mol. The standard InChI is InChI=1S/C14H8OS/c1-3-5-6-7-8-9-10-11-13-16-14(15)12-4-2/h1H,4,12H2,2H3. The molecule has 0 heterocycles. The van der Waals surface area contributed by atoms with Crippen molar-refractivity contribution in [3.05, 3.63) is 0 Å². The molecule has 0 spiro atoms. The first-order valence-corrected chi connectivity index (χ1v) is 5.28. The molecule has 0 bridgehead atoms. The Kier molecular flexibility index (Phi) is 9.41. The summed E-state index contributed by atoms with van der Waals surface area (Å²) in [6, 6.07) is 0. The molecule has 0 atom stereocenters. The molecule has 0 rings (SSSR count). The normalized spacial score (nSPS) is 6.00. The zero-order valence-corrected chi connectivity index (χ0v) is 9.62. The zero-order valence-electron chi connectivity index (χ0n) is 8.81. The molecule has 0 aliphatic heterocycles. The summed E-state index contributed by atoms with van der Waals surface area (Å²) in [5, 5.41) is 2.64. The van der Waals surface area contributed by atoms with E-state index in [1.165, 1.54) is 0 Å². The lowest BCUT2D eigenvalue weighted by atomic mass is 10.4. The van der Waals surface area contributed by atoms with Gasteiger partial charge in [-0.25, -0.2) is 0 Å². The number of terminal acetylenes is 1. The summed E-state index contributed by atoms with van der Waals surface area (Å²) in [6.45, 7) is 1.94. The molecule has 0 aliphatic rings. The highest BCUT2D eigenvalue weighted by Gasteiger charge is 1.95. The van der Waals surface area contributed by atoms with Crippen LogP contribution in [0.3, 0.4) is 0 Å². The Balaban J connectivity index is 4.01. The van der Waals surface area contributed by atoms with Crippen LogP contribution in [-0.4, -0.2) is 5.12 Å². The Bertz CT molecular complexity index is 519. The van der Waals surface area contributed by atoms with E-state index in [0.717, 1.165) is 18.2 Å². The highest BCUT2D eigenvalue weighted by Crippen LogP contribution is 2.03. The highest BCUT2D eigenvalue weighted by atomic mass is 32.2. The van der Waals surface area contributed by atoms with Crippen molar-refractivity contribution in [1.82, 2.24) is 0 Å². The topological polar surface area (TPSA) is 17.1 Å². The van der Waals surface area contributed by atoms with Crippen LogP contribution < -0.4 is 0 Å². The number of carbonyl (C=O) groups is 1. The summed E-state index contributed by atoms with van der Waals surface area (Å²) in [5.74, 6) is 19.2. The molecule has 1 nitrogen and oxygen atoms in total. The molecule has 0 amide bonds. The number of hydrogen-bond donors (Lipinski definition) is 0. The van der Waals surface area contributed by atoms with E-state index in [2.05, 4.69) is 52.6 Å². The third-order valence-corrected chi connectivity index (χ3v) is 1.75. The van der Waals surface area contributed by atoms with Crippen molar-refractivity contribution >= 4 is 16.9 Å². The van der Waals surface area contributed by atoms with E-state index in [1.54, 1.807) is 0 Å². The summed E-state index contributed by atoms with van der Waals surface area (Å²) < 4.78 is 0. The minimum Gasteiger partial charge on any atom is -0.286 e. The molecule has 0 radical (unpaired) electrons. The van der Waals surface area contributed by atoms with Crippen LogP contribution >= 0.6 is 11.8 Å². The highest BCUT2D eigenvalue weighted by molar-refractivity contribution is 8.17. The molecule has 0 saturated carbocycles. The van der Waals surface area contributed by atoms with E-state index in [4.69, 9.17) is 6.42 Å². The lowest BCUT2D eigenvalue weighted by molar-refractivity contribution is -0.110. The van der Waals surface area contributed by atoms with Crippen molar-refractivity contribution in [2.45, 2.75) is 19.8 Å². The Morgan fingerprint density at radius 2 is 1.62 bits per heavy atom. The third-order valence-electron chi connectivity index (χ3n) is 1.12. The van der Waals surface area contributed by atoms with Gasteiger partial charge in [-0.3, -0.25) is 4.79 Å². The molecular formula is C14H8OS. The van der Waals surface area contributed by atoms with Gasteiger partial charge in [0.1, 0.15) is 0 Å². The number of carbonyl (C=O) groups excluding carboxylic acids is 1. The smallest absolute Gasteiger partial charge is 0.201 e. The summed E-state index contributed by atoms with van der Waals surface area (Å²) in [4.78, 5) is 11.0. The van der Waals surface area contributed by atoms with Crippen LogP contribution in [0.25, 0.3) is 0 Å². The van der Waals surface area contributed by atoms with Crippen molar-refractivity contribution in [1.29, 1.82) is 0 Å². The van der Waals surface area contributed by atoms with Gasteiger partial charge in [0.25, 0.3) is 0 Å². The molecule has 0 unspecified atom stereocenters. The molecule has 0 aliphatic carbocycles. The fourth-order valence-corrected chi connectivity index (χ4v) is 1.08. The molecule has 76 valence electrons. The Hall–Kier alpha value is -2.18. The SMILES string of the molecule is C#CC#CC#CC#CC#CSC(=O)CCC. The largest absolute Gasteiger partial charge is 0.286 e. The van der Waals surface area contributed by atoms with Gasteiger partial charge in [0.2, 0.25) is 5.12 Å². The molecule has 0 aromatic heterocycles. The molecule has 16 heavy (non-hydrogen) atoms. The molecule has 0 aromatic rings. The Morgan fingerprint density at radius 3 is 2.19 bits per heavy atom. The second-order valence-corrected chi connectivity index (χ2v) is 3.21. The van der Waals surface area contributed by atoms with E-state index >= 15 is 0 Å². The number of hydrogen-bond acceptors (Lipinski definition) is 2. The summed E-state index contributed by atoms with van der Waals surface area (Å²) in [5.41, 5.74) is 0. The second kappa shape index (κ2) is 10.9. The minimum absolute atomic E-state index is 0.0581. The predicted octanol–water partition coefficient (Wildman–Crippen LogP) is 1.65. The average molecular weight is 224 g/mol. The van der Waals surface area contributed by atoms with Crippen molar-refractivity contribution < 1.29 is 4.79 Å². The quantitative estimate of drug-likeness (QED) is 0.663. The fourth-order valence-electron chi connectivity index (χ4n) is 0.555. The second-order valence-electron chi connectivity index (χ2n) is 2.35. The van der Waals surface area contributed by atoms with E-state index in [-0.39, 0.29) is 5.12 Å². The van der Waals surface area contributed by atoms with Gasteiger partial charge in [-0.1, -0.05) is 6.92 Å². The minimum atomic E-state index is 0.0581. The average Bonchev–Trinajstić information content (AvgIpc) is 2.27. The summed E-state index contributed by atoms with van der Waals surface area (Å²) in [7, 11) is 0. The molecule has 0 fully saturated rings. The first-order chi connectivity index (χ1) is 7.81. The zero-order chi connectivity index (χ0) is 12.1. The van der Waals surface area contributed by atoms with Crippen molar-refractivity contribution in [3.8, 4) is 59.0 Å². The van der Waals surface area contributed by atoms with E-state index in [0.29, 0.717) is 6.42 Å². The lowest BCUT2D eigenvalue weighted by Crippen LogP contribution is -1.85. The van der Waals surface area contributed by atoms with Crippen LogP contribution in [0.15, 0.2) is 0 Å². The first kappa shape index (κ1) is 13.8. The Labute approximate surface area is 101 Å². The van der Waals surface area contributed by atoms with Gasteiger partial charge in [0.15, 0.2) is 0 Å². The molecule has 0 aromatic carbocycles. The lowest BCUT2D eigenvalue weighted by Gasteiger charge is -1.86. The summed E-state index contributed by atoms with van der Waals surface area (Å²) in [6.07, 6.45) is 6.25. The first-order valence-electron chi connectivity index (χ1n) is 4.46. The van der Waals surface area contributed by atoms with Crippen LogP contribution in [0.2, 0.25) is 0 Å². The number of thioether (sulfide) groups is 1. The van der Waals surface area contributed by atoms with Crippen LogP contribution in [0.4, 0.5) is 0 Å². The van der Waals surface area contributed by atoms with Crippen molar-refractivity contribution in [3.63, 3.8) is 0 Å². The van der Waals surface area contributed by atoms with Gasteiger partial charge in [-0.2, -0.15) is 0 Å². The number of rotatable bonds is 2. The maximum atomic E-state index is 11.0. The van der Waals surface area contributed by atoms with Gasteiger partial charge < -0.3 is 0 Å². The van der Waals surface area contributed by atoms with Crippen LogP contribution in [0, 0.1) is 59.0 Å². The predicted molar refractivity (Wildman–Crippen MR) is 67.4 cm³/mol. The maximum absolute atomic E-state index is 11.0. The van der Waals surface area contributed by atoms with Gasteiger partial charge in [-0.05, 0) is 59.0 Å². The maximum Gasteiger partial charge on any atom is 0.201 e. The summed E-state index contributed by atoms with van der Waals surface area (Å²) >= 11 is 0.968. The van der Waals surface area contributed by atoms with Crippen molar-refractivity contribution in [2.24, 2.45) is 0 Å². The van der Waals surface area contributed by atoms with Crippen LogP contribution in [-0.2, 0) is 4.79 Å². The van der Waals surface area contributed by atoms with Gasteiger partial charge in [-0.15, -0.1) is 6.42 Å². The third kappa shape index (κ3) is 9.90. The van der Waals surface area contributed by atoms with E-state index in [1.807, 2.05) is 6.92 Å². The van der Waals surface area contributed by atoms with E-state index in [9.17, 15) is 4.79 Å². The Morgan fingerprint density at radius 1 is 1.06 bits per heavy atom. The van der Waals surface area contributed by atoms with Gasteiger partial charge in [0.05, 0.1) is 0 Å². The monoisotopic (exact) mass is 224 g/mol. The van der Waals surface area contributed by atoms with E-state index < -0.39 is 0 Å². The fraction of sp³-hybridized carbons (Fsp3) is 0.214. The molecule has 0 saturated heterocycles. The van der Waals surface area contributed by atoms with Crippen LogP contribution in [0.1, 0.15) is 19.8 Å². The van der Waals surface area contributed by atoms with Crippen LogP contribution in [0.5, 0.6) is 0 Å². The molecule has 0 N–H and O–H groups in total.